The van der Waals surface area contributed by atoms with Crippen molar-refractivity contribution in [3.05, 3.63) is 35.1 Å². The average molecular weight is 223 g/mol. The van der Waals surface area contributed by atoms with E-state index in [4.69, 9.17) is 11.6 Å². The van der Waals surface area contributed by atoms with Crippen molar-refractivity contribution in [1.82, 2.24) is 0 Å². The molecule has 1 aromatic carbocycles. The van der Waals surface area contributed by atoms with Crippen molar-refractivity contribution in [2.45, 2.75) is 19.3 Å². The Hall–Kier alpha value is -0.700. The van der Waals surface area contributed by atoms with Gasteiger partial charge in [0.15, 0.2) is 0 Å². The third kappa shape index (κ3) is 2.64. The topological polar surface area (TPSA) is 0 Å². The van der Waals surface area contributed by atoms with Gasteiger partial charge in [0.1, 0.15) is 5.82 Å². The molecule has 78 valence electrons. The van der Waals surface area contributed by atoms with E-state index in [1.165, 1.54) is 18.2 Å². The second-order valence-electron chi connectivity index (χ2n) is 2.90. The summed E-state index contributed by atoms with van der Waals surface area (Å²) in [4.78, 5) is 0. The Morgan fingerprint density at radius 2 is 2.00 bits per heavy atom. The maximum absolute atomic E-state index is 13.2. The van der Waals surface area contributed by atoms with Crippen LogP contribution >= 0.6 is 11.6 Å². The standard InChI is InChI=1S/C10H10ClF3/c11-6-2-4-7-8(10(13)14)3-1-5-9(7)12/h1,3,5,10H,2,4,6H2. The van der Waals surface area contributed by atoms with E-state index in [0.717, 1.165) is 0 Å². The third-order valence-corrected chi connectivity index (χ3v) is 2.22. The maximum atomic E-state index is 13.2. The van der Waals surface area contributed by atoms with Gasteiger partial charge in [-0.15, -0.1) is 11.6 Å². The summed E-state index contributed by atoms with van der Waals surface area (Å²) < 4.78 is 38.0. The largest absolute Gasteiger partial charge is 0.264 e. The molecule has 0 aliphatic carbocycles. The fourth-order valence-electron chi connectivity index (χ4n) is 1.29. The molecule has 0 fully saturated rings. The summed E-state index contributed by atoms with van der Waals surface area (Å²) in [6.07, 6.45) is -1.87. The SMILES string of the molecule is Fc1cccc(C(F)F)c1CCCCl. The van der Waals surface area contributed by atoms with E-state index < -0.39 is 12.2 Å². The molecule has 1 rings (SSSR count). The van der Waals surface area contributed by atoms with Gasteiger partial charge in [0.25, 0.3) is 6.43 Å². The number of benzene rings is 1. The lowest BCUT2D eigenvalue weighted by Gasteiger charge is -2.08. The van der Waals surface area contributed by atoms with Crippen LogP contribution in [0.5, 0.6) is 0 Å². The van der Waals surface area contributed by atoms with Crippen LogP contribution in [-0.4, -0.2) is 5.88 Å². The molecule has 0 unspecified atom stereocenters. The lowest BCUT2D eigenvalue weighted by molar-refractivity contribution is 0.149. The van der Waals surface area contributed by atoms with E-state index in [-0.39, 0.29) is 17.5 Å². The molecule has 0 N–H and O–H groups in total. The first-order valence-electron chi connectivity index (χ1n) is 4.28. The Kier molecular flexibility index (Phi) is 4.26. The second-order valence-corrected chi connectivity index (χ2v) is 3.28. The van der Waals surface area contributed by atoms with Crippen LogP contribution < -0.4 is 0 Å². The van der Waals surface area contributed by atoms with Gasteiger partial charge in [-0.1, -0.05) is 12.1 Å². The number of rotatable bonds is 4. The van der Waals surface area contributed by atoms with Crippen LogP contribution in [0.3, 0.4) is 0 Å². The minimum atomic E-state index is -2.63. The van der Waals surface area contributed by atoms with Gasteiger partial charge in [-0.2, -0.15) is 0 Å². The van der Waals surface area contributed by atoms with Gasteiger partial charge in [0.2, 0.25) is 0 Å². The molecule has 14 heavy (non-hydrogen) atoms. The Morgan fingerprint density at radius 3 is 2.57 bits per heavy atom. The van der Waals surface area contributed by atoms with Gasteiger partial charge in [-0.05, 0) is 24.5 Å². The molecule has 4 heteroatoms. The van der Waals surface area contributed by atoms with Crippen LogP contribution in [0.1, 0.15) is 24.0 Å². The molecule has 0 spiro atoms. The molecule has 0 atom stereocenters. The fraction of sp³-hybridized carbons (Fsp3) is 0.400. The lowest BCUT2D eigenvalue weighted by atomic mass is 10.0. The van der Waals surface area contributed by atoms with E-state index in [2.05, 4.69) is 0 Å². The van der Waals surface area contributed by atoms with Crippen molar-refractivity contribution in [2.75, 3.05) is 5.88 Å². The summed E-state index contributed by atoms with van der Waals surface area (Å²) in [6.45, 7) is 0. The molecule has 0 saturated carbocycles. The highest BCUT2D eigenvalue weighted by molar-refractivity contribution is 6.17. The summed E-state index contributed by atoms with van der Waals surface area (Å²) >= 11 is 5.43. The van der Waals surface area contributed by atoms with Gasteiger partial charge in [0.05, 0.1) is 0 Å². The summed E-state index contributed by atoms with van der Waals surface area (Å²) in [7, 11) is 0. The third-order valence-electron chi connectivity index (χ3n) is 1.95. The Balaban J connectivity index is 2.96. The number of hydrogen-bond acceptors (Lipinski definition) is 0. The molecule has 0 nitrogen and oxygen atoms in total. The van der Waals surface area contributed by atoms with Crippen LogP contribution in [0.2, 0.25) is 0 Å². The second kappa shape index (κ2) is 5.25. The van der Waals surface area contributed by atoms with Gasteiger partial charge >= 0.3 is 0 Å². The van der Waals surface area contributed by atoms with Crippen LogP contribution in [0.15, 0.2) is 18.2 Å². The summed E-state index contributed by atoms with van der Waals surface area (Å²) in [5, 5.41) is 0. The van der Waals surface area contributed by atoms with Gasteiger partial charge in [-0.3, -0.25) is 0 Å². The quantitative estimate of drug-likeness (QED) is 0.677. The zero-order chi connectivity index (χ0) is 10.6. The normalized spacial score (nSPS) is 10.9. The van der Waals surface area contributed by atoms with E-state index in [1.807, 2.05) is 0 Å². The summed E-state index contributed by atoms with van der Waals surface area (Å²) in [6, 6.07) is 3.73. The summed E-state index contributed by atoms with van der Waals surface area (Å²) in [5.74, 6) is -0.232. The fourth-order valence-corrected chi connectivity index (χ4v) is 1.42. The maximum Gasteiger partial charge on any atom is 0.264 e. The van der Waals surface area contributed by atoms with Crippen molar-refractivity contribution in [2.24, 2.45) is 0 Å². The monoisotopic (exact) mass is 222 g/mol. The highest BCUT2D eigenvalue weighted by Gasteiger charge is 2.15. The molecule has 0 bridgehead atoms. The number of alkyl halides is 3. The van der Waals surface area contributed by atoms with E-state index in [9.17, 15) is 13.2 Å². The van der Waals surface area contributed by atoms with Crippen LogP contribution in [0.4, 0.5) is 13.2 Å². The van der Waals surface area contributed by atoms with Crippen molar-refractivity contribution < 1.29 is 13.2 Å². The minimum absolute atomic E-state index is 0.0863. The molecule has 0 aliphatic heterocycles. The molecular formula is C10H10ClF3. The van der Waals surface area contributed by atoms with Crippen LogP contribution in [-0.2, 0) is 6.42 Å². The lowest BCUT2D eigenvalue weighted by Crippen LogP contribution is -1.99. The first kappa shape index (κ1) is 11.4. The molecule has 0 aliphatic rings. The minimum Gasteiger partial charge on any atom is -0.207 e. The average Bonchev–Trinajstić information content (AvgIpc) is 2.15. The molecule has 1 aromatic rings. The summed E-state index contributed by atoms with van der Waals surface area (Å²) in [5.41, 5.74) is -0.140. The van der Waals surface area contributed by atoms with E-state index in [1.54, 1.807) is 0 Å². The predicted octanol–water partition coefficient (Wildman–Crippen LogP) is 3.93. The zero-order valence-electron chi connectivity index (χ0n) is 7.44. The number of halogens is 4. The van der Waals surface area contributed by atoms with Gasteiger partial charge in [0, 0.05) is 11.4 Å². The zero-order valence-corrected chi connectivity index (χ0v) is 8.20. The van der Waals surface area contributed by atoms with Crippen molar-refractivity contribution in [3.63, 3.8) is 0 Å². The molecule has 0 amide bonds. The molecule has 0 aromatic heterocycles. The molecular weight excluding hydrogens is 213 g/mol. The highest BCUT2D eigenvalue weighted by Crippen LogP contribution is 2.25. The molecule has 0 saturated heterocycles. The Morgan fingerprint density at radius 1 is 1.29 bits per heavy atom. The van der Waals surface area contributed by atoms with Crippen LogP contribution in [0.25, 0.3) is 0 Å². The predicted molar refractivity (Wildman–Crippen MR) is 50.4 cm³/mol. The van der Waals surface area contributed by atoms with Gasteiger partial charge < -0.3 is 0 Å². The number of hydrogen-bond donors (Lipinski definition) is 0. The highest BCUT2D eigenvalue weighted by atomic mass is 35.5. The van der Waals surface area contributed by atoms with Crippen molar-refractivity contribution >= 4 is 11.6 Å². The van der Waals surface area contributed by atoms with Crippen molar-refractivity contribution in [3.8, 4) is 0 Å². The first-order valence-corrected chi connectivity index (χ1v) is 4.81. The van der Waals surface area contributed by atoms with E-state index in [0.29, 0.717) is 12.3 Å². The smallest absolute Gasteiger partial charge is 0.207 e. The van der Waals surface area contributed by atoms with E-state index >= 15 is 0 Å². The first-order chi connectivity index (χ1) is 6.66. The molecule has 0 radical (unpaired) electrons. The van der Waals surface area contributed by atoms with Gasteiger partial charge in [-0.25, -0.2) is 13.2 Å². The molecule has 0 heterocycles. The van der Waals surface area contributed by atoms with Crippen molar-refractivity contribution in [1.29, 1.82) is 0 Å². The Bertz CT molecular complexity index is 299. The van der Waals surface area contributed by atoms with Crippen LogP contribution in [0, 0.1) is 5.82 Å². The Labute approximate surface area is 85.7 Å².